The van der Waals surface area contributed by atoms with Crippen molar-refractivity contribution in [2.24, 2.45) is 15.4 Å². The third-order valence-corrected chi connectivity index (χ3v) is 0.689. The molecule has 5 nitrogen and oxygen atoms in total. The van der Waals surface area contributed by atoms with Crippen LogP contribution < -0.4 is 0 Å². The molecule has 0 radical (unpaired) electrons. The highest BCUT2D eigenvalue weighted by atomic mass is 16.4. The van der Waals surface area contributed by atoms with Crippen molar-refractivity contribution in [3.8, 4) is 0 Å². The summed E-state index contributed by atoms with van der Waals surface area (Å²) in [5.74, 6) is -1.02. The van der Waals surface area contributed by atoms with Gasteiger partial charge in [-0.3, -0.25) is 0 Å². The number of aliphatic carboxylic acids is 1. The Morgan fingerprint density at radius 3 is 2.75 bits per heavy atom. The summed E-state index contributed by atoms with van der Waals surface area (Å²) in [6, 6.07) is -0.852. The Morgan fingerprint density at radius 2 is 2.50 bits per heavy atom. The summed E-state index contributed by atoms with van der Waals surface area (Å²) in [5, 5.41) is 17.7. The summed E-state index contributed by atoms with van der Waals surface area (Å²) >= 11 is 0. The number of carbonyl (C=O) groups is 1. The van der Waals surface area contributed by atoms with Crippen LogP contribution in [0.5, 0.6) is 0 Å². The average Bonchev–Trinajstić information content (AvgIpc) is 2.12. The highest BCUT2D eigenvalue weighted by molar-refractivity contribution is 5.93. The molecule has 1 N–H and O–H groups in total. The SMILES string of the molecule is O=C(O)C1C=NN=N1. The molecule has 1 aliphatic rings. The van der Waals surface area contributed by atoms with Crippen molar-refractivity contribution < 1.29 is 9.90 Å². The lowest BCUT2D eigenvalue weighted by Gasteiger charge is -1.87. The normalized spacial score (nSPS) is 24.2. The molecule has 1 atom stereocenters. The lowest BCUT2D eigenvalue weighted by Crippen LogP contribution is -2.16. The topological polar surface area (TPSA) is 74.4 Å². The average molecular weight is 113 g/mol. The molecule has 1 unspecified atom stereocenters. The van der Waals surface area contributed by atoms with Gasteiger partial charge in [0.1, 0.15) is 0 Å². The first-order valence-electron chi connectivity index (χ1n) is 1.97. The minimum absolute atomic E-state index is 0.852. The summed E-state index contributed by atoms with van der Waals surface area (Å²) in [4.78, 5) is 9.96. The molecule has 0 amide bonds. The number of carboxylic acid groups (broad SMARTS) is 1. The molecule has 42 valence electrons. The van der Waals surface area contributed by atoms with Gasteiger partial charge < -0.3 is 5.11 Å². The van der Waals surface area contributed by atoms with Gasteiger partial charge in [0, 0.05) is 0 Å². The van der Waals surface area contributed by atoms with Gasteiger partial charge in [-0.1, -0.05) is 0 Å². The maximum Gasteiger partial charge on any atom is 0.336 e. The summed E-state index contributed by atoms with van der Waals surface area (Å²) in [5.41, 5.74) is 0. The first kappa shape index (κ1) is 4.89. The van der Waals surface area contributed by atoms with E-state index in [0.717, 1.165) is 0 Å². The molecule has 0 aromatic heterocycles. The van der Waals surface area contributed by atoms with Gasteiger partial charge in [0.2, 0.25) is 6.04 Å². The van der Waals surface area contributed by atoms with Crippen molar-refractivity contribution in [1.82, 2.24) is 0 Å². The smallest absolute Gasteiger partial charge is 0.336 e. The second kappa shape index (κ2) is 1.69. The zero-order valence-electron chi connectivity index (χ0n) is 3.85. The molecule has 0 spiro atoms. The molecular formula is C3H3N3O2. The standard InChI is InChI=1S/C3H3N3O2/c7-3(8)2-1-4-6-5-2/h1-2H,(H,7,8). The Hall–Kier alpha value is -1.26. The van der Waals surface area contributed by atoms with Crippen LogP contribution in [0.25, 0.3) is 0 Å². The van der Waals surface area contributed by atoms with Crippen LogP contribution in [-0.4, -0.2) is 23.3 Å². The molecule has 1 heterocycles. The Morgan fingerprint density at radius 1 is 1.75 bits per heavy atom. The van der Waals surface area contributed by atoms with Gasteiger partial charge in [-0.15, -0.1) is 10.2 Å². The summed E-state index contributed by atoms with van der Waals surface area (Å²) in [6.45, 7) is 0. The zero-order chi connectivity index (χ0) is 5.98. The van der Waals surface area contributed by atoms with Crippen LogP contribution in [0.15, 0.2) is 15.4 Å². The fraction of sp³-hybridized carbons (Fsp3) is 0.333. The van der Waals surface area contributed by atoms with Crippen LogP contribution in [0.2, 0.25) is 0 Å². The summed E-state index contributed by atoms with van der Waals surface area (Å²) in [7, 11) is 0. The molecule has 1 aliphatic heterocycles. The van der Waals surface area contributed by atoms with Gasteiger partial charge in [-0.05, 0) is 5.22 Å². The predicted octanol–water partition coefficient (Wildman–Crippen LogP) is -0.109. The fourth-order valence-corrected chi connectivity index (χ4v) is 0.321. The van der Waals surface area contributed by atoms with E-state index in [1.54, 1.807) is 0 Å². The molecule has 0 aromatic carbocycles. The van der Waals surface area contributed by atoms with Crippen LogP contribution in [0.3, 0.4) is 0 Å². The fourth-order valence-electron chi connectivity index (χ4n) is 0.321. The van der Waals surface area contributed by atoms with E-state index < -0.39 is 12.0 Å². The molecule has 0 saturated carbocycles. The van der Waals surface area contributed by atoms with E-state index in [2.05, 4.69) is 15.4 Å². The van der Waals surface area contributed by atoms with Crippen molar-refractivity contribution in [1.29, 1.82) is 0 Å². The van der Waals surface area contributed by atoms with Crippen molar-refractivity contribution in [2.45, 2.75) is 6.04 Å². The van der Waals surface area contributed by atoms with E-state index in [4.69, 9.17) is 5.11 Å². The third kappa shape index (κ3) is 0.699. The van der Waals surface area contributed by atoms with Crippen LogP contribution in [0, 0.1) is 0 Å². The van der Waals surface area contributed by atoms with Gasteiger partial charge >= 0.3 is 5.97 Å². The van der Waals surface area contributed by atoms with E-state index in [0.29, 0.717) is 0 Å². The second-order valence-corrected chi connectivity index (χ2v) is 1.25. The van der Waals surface area contributed by atoms with Crippen molar-refractivity contribution >= 4 is 12.2 Å². The van der Waals surface area contributed by atoms with Gasteiger partial charge in [-0.25, -0.2) is 4.79 Å². The van der Waals surface area contributed by atoms with E-state index in [1.165, 1.54) is 6.21 Å². The van der Waals surface area contributed by atoms with E-state index >= 15 is 0 Å². The third-order valence-electron chi connectivity index (χ3n) is 0.689. The lowest BCUT2D eigenvalue weighted by atomic mass is 10.4. The van der Waals surface area contributed by atoms with E-state index in [-0.39, 0.29) is 0 Å². The number of rotatable bonds is 1. The minimum Gasteiger partial charge on any atom is -0.479 e. The van der Waals surface area contributed by atoms with Gasteiger partial charge in [0.05, 0.1) is 6.21 Å². The predicted molar refractivity (Wildman–Crippen MR) is 24.8 cm³/mol. The van der Waals surface area contributed by atoms with Gasteiger partial charge in [-0.2, -0.15) is 0 Å². The summed E-state index contributed by atoms with van der Waals surface area (Å²) < 4.78 is 0. The monoisotopic (exact) mass is 113 g/mol. The summed E-state index contributed by atoms with van der Waals surface area (Å²) in [6.07, 6.45) is 1.17. The van der Waals surface area contributed by atoms with Gasteiger partial charge in [0.15, 0.2) is 0 Å². The van der Waals surface area contributed by atoms with Crippen LogP contribution >= 0.6 is 0 Å². The molecule has 0 bridgehead atoms. The number of hydrogen-bond acceptors (Lipinski definition) is 4. The molecule has 8 heavy (non-hydrogen) atoms. The molecule has 0 aromatic rings. The highest BCUT2D eigenvalue weighted by Gasteiger charge is 2.15. The quantitative estimate of drug-likeness (QED) is 0.515. The lowest BCUT2D eigenvalue weighted by molar-refractivity contribution is -0.136. The number of hydrogen-bond donors (Lipinski definition) is 1. The molecule has 1 rings (SSSR count). The van der Waals surface area contributed by atoms with Crippen molar-refractivity contribution in [3.63, 3.8) is 0 Å². The Balaban J connectivity index is 2.62. The minimum atomic E-state index is -1.02. The van der Waals surface area contributed by atoms with E-state index in [1.807, 2.05) is 0 Å². The second-order valence-electron chi connectivity index (χ2n) is 1.25. The van der Waals surface area contributed by atoms with E-state index in [9.17, 15) is 4.79 Å². The Kier molecular flexibility index (Phi) is 1.03. The first-order valence-corrected chi connectivity index (χ1v) is 1.97. The van der Waals surface area contributed by atoms with Crippen molar-refractivity contribution in [3.05, 3.63) is 0 Å². The number of nitrogens with zero attached hydrogens (tertiary/aromatic N) is 3. The molecule has 5 heteroatoms. The largest absolute Gasteiger partial charge is 0.479 e. The maximum atomic E-state index is 9.96. The van der Waals surface area contributed by atoms with Crippen LogP contribution in [0.4, 0.5) is 0 Å². The molecular weight excluding hydrogens is 110 g/mol. The van der Waals surface area contributed by atoms with Crippen LogP contribution in [-0.2, 0) is 4.79 Å². The van der Waals surface area contributed by atoms with Gasteiger partial charge in [0.25, 0.3) is 0 Å². The van der Waals surface area contributed by atoms with Crippen molar-refractivity contribution in [2.75, 3.05) is 0 Å². The molecule has 0 saturated heterocycles. The Bertz CT molecular complexity index is 150. The first-order chi connectivity index (χ1) is 3.80. The molecule has 0 aliphatic carbocycles. The maximum absolute atomic E-state index is 9.96. The van der Waals surface area contributed by atoms with Crippen LogP contribution in [0.1, 0.15) is 0 Å². The number of carboxylic acids is 1. The highest BCUT2D eigenvalue weighted by Crippen LogP contribution is 1.96. The molecule has 0 fully saturated rings. The Labute approximate surface area is 44.7 Å². The zero-order valence-corrected chi connectivity index (χ0v) is 3.85.